The second kappa shape index (κ2) is 4.37. The standard InChI is InChI=1S/C9H13N3S/c1-2-4-8(10-5-3-1)12-9-11-6-7-13-9/h6-7H,1-5H2,(H,10,11,12)/p+1. The van der Waals surface area contributed by atoms with E-state index in [0.29, 0.717) is 0 Å². The first-order valence-electron chi connectivity index (χ1n) is 4.71. The van der Waals surface area contributed by atoms with Gasteiger partial charge in [-0.3, -0.25) is 4.99 Å². The van der Waals surface area contributed by atoms with Crippen molar-refractivity contribution >= 4 is 22.3 Å². The van der Waals surface area contributed by atoms with Crippen molar-refractivity contribution in [2.24, 2.45) is 4.99 Å². The van der Waals surface area contributed by atoms with Gasteiger partial charge in [-0.05, 0) is 12.8 Å². The van der Waals surface area contributed by atoms with Gasteiger partial charge < -0.3 is 0 Å². The van der Waals surface area contributed by atoms with Gasteiger partial charge in [0.15, 0.2) is 5.84 Å². The number of rotatable bonds is 1. The lowest BCUT2D eigenvalue weighted by molar-refractivity contribution is -0.354. The van der Waals surface area contributed by atoms with E-state index in [1.54, 1.807) is 11.3 Å². The molecule has 0 saturated carbocycles. The highest BCUT2D eigenvalue weighted by atomic mass is 32.1. The molecular weight excluding hydrogens is 182 g/mol. The van der Waals surface area contributed by atoms with Crippen LogP contribution in [0.15, 0.2) is 16.6 Å². The van der Waals surface area contributed by atoms with Crippen molar-refractivity contribution in [1.82, 2.24) is 0 Å². The van der Waals surface area contributed by atoms with E-state index >= 15 is 0 Å². The van der Waals surface area contributed by atoms with Crippen LogP contribution in [0.4, 0.5) is 5.13 Å². The molecule has 0 unspecified atom stereocenters. The molecule has 0 bridgehead atoms. The topological polar surface area (TPSA) is 38.5 Å². The molecule has 1 aliphatic heterocycles. The maximum absolute atomic E-state index is 4.49. The predicted molar refractivity (Wildman–Crippen MR) is 55.3 cm³/mol. The average Bonchev–Trinajstić information content (AvgIpc) is 2.49. The number of nitrogens with zero attached hydrogens (tertiary/aromatic N) is 1. The fourth-order valence-electron chi connectivity index (χ4n) is 1.42. The molecule has 0 aliphatic carbocycles. The Labute approximate surface area is 81.9 Å². The van der Waals surface area contributed by atoms with Crippen molar-refractivity contribution in [2.75, 3.05) is 11.9 Å². The molecule has 0 amide bonds. The number of aliphatic imine (C=N–C) groups is 1. The summed E-state index contributed by atoms with van der Waals surface area (Å²) in [6.45, 7) is 0.980. The third kappa shape index (κ3) is 2.52. The molecule has 2 heterocycles. The Balaban J connectivity index is 1.96. The highest BCUT2D eigenvalue weighted by molar-refractivity contribution is 7.13. The molecule has 1 aliphatic rings. The molecule has 2 N–H and O–H groups in total. The van der Waals surface area contributed by atoms with E-state index in [-0.39, 0.29) is 0 Å². The molecule has 13 heavy (non-hydrogen) atoms. The summed E-state index contributed by atoms with van der Waals surface area (Å²) in [7, 11) is 0. The van der Waals surface area contributed by atoms with Crippen LogP contribution in [-0.4, -0.2) is 12.4 Å². The van der Waals surface area contributed by atoms with E-state index in [1.165, 1.54) is 19.3 Å². The Morgan fingerprint density at radius 3 is 3.23 bits per heavy atom. The molecule has 1 aromatic rings. The van der Waals surface area contributed by atoms with E-state index in [2.05, 4.69) is 15.3 Å². The Morgan fingerprint density at radius 2 is 2.38 bits per heavy atom. The first-order chi connectivity index (χ1) is 6.45. The van der Waals surface area contributed by atoms with Crippen LogP contribution in [0.25, 0.3) is 0 Å². The molecule has 4 heteroatoms. The maximum Gasteiger partial charge on any atom is 0.337 e. The number of thiazole rings is 1. The average molecular weight is 196 g/mol. The highest BCUT2D eigenvalue weighted by Crippen LogP contribution is 2.11. The molecule has 0 fully saturated rings. The third-order valence-electron chi connectivity index (χ3n) is 2.10. The van der Waals surface area contributed by atoms with Crippen LogP contribution in [-0.2, 0) is 0 Å². The summed E-state index contributed by atoms with van der Waals surface area (Å²) < 4.78 is 0. The summed E-state index contributed by atoms with van der Waals surface area (Å²) in [4.78, 5) is 7.62. The van der Waals surface area contributed by atoms with E-state index in [9.17, 15) is 0 Å². The van der Waals surface area contributed by atoms with Crippen LogP contribution in [0.5, 0.6) is 0 Å². The van der Waals surface area contributed by atoms with Crippen LogP contribution in [0.3, 0.4) is 0 Å². The largest absolute Gasteiger partial charge is 0.337 e. The lowest BCUT2D eigenvalue weighted by Crippen LogP contribution is -2.16. The number of nitrogens with one attached hydrogen (secondary N) is 2. The van der Waals surface area contributed by atoms with Crippen LogP contribution in [0.1, 0.15) is 25.7 Å². The fourth-order valence-corrected chi connectivity index (χ4v) is 2.00. The number of aromatic amines is 1. The molecular formula is C9H14N3S+. The molecule has 70 valence electrons. The van der Waals surface area contributed by atoms with Crippen molar-refractivity contribution < 1.29 is 4.98 Å². The number of H-pyrrole nitrogens is 1. The second-order valence-electron chi connectivity index (χ2n) is 3.16. The van der Waals surface area contributed by atoms with Gasteiger partial charge in [-0.25, -0.2) is 10.3 Å². The molecule has 0 aromatic carbocycles. The fraction of sp³-hybridized carbons (Fsp3) is 0.556. The summed E-state index contributed by atoms with van der Waals surface area (Å²) >= 11 is 1.68. The first-order valence-corrected chi connectivity index (χ1v) is 5.58. The van der Waals surface area contributed by atoms with Crippen LogP contribution < -0.4 is 10.3 Å². The van der Waals surface area contributed by atoms with Crippen molar-refractivity contribution in [3.8, 4) is 0 Å². The minimum absolute atomic E-state index is 0.980. The number of amidine groups is 1. The van der Waals surface area contributed by atoms with E-state index in [4.69, 9.17) is 0 Å². The summed E-state index contributed by atoms with van der Waals surface area (Å²) in [6.07, 6.45) is 6.83. The van der Waals surface area contributed by atoms with Gasteiger partial charge in [-0.15, -0.1) is 0 Å². The van der Waals surface area contributed by atoms with Gasteiger partial charge >= 0.3 is 5.13 Å². The van der Waals surface area contributed by atoms with Crippen molar-refractivity contribution in [1.29, 1.82) is 0 Å². The lowest BCUT2D eigenvalue weighted by Gasteiger charge is -1.96. The number of hydrogen-bond donors (Lipinski definition) is 1. The molecule has 0 spiro atoms. The minimum Gasteiger partial charge on any atom is -0.252 e. The minimum atomic E-state index is 0.980. The first kappa shape index (κ1) is 8.69. The second-order valence-corrected chi connectivity index (χ2v) is 4.07. The molecule has 0 radical (unpaired) electrons. The van der Waals surface area contributed by atoms with Crippen LogP contribution >= 0.6 is 11.3 Å². The monoisotopic (exact) mass is 196 g/mol. The third-order valence-corrected chi connectivity index (χ3v) is 2.83. The van der Waals surface area contributed by atoms with Gasteiger partial charge in [0.2, 0.25) is 0 Å². The molecule has 1 aromatic heterocycles. The zero-order valence-electron chi connectivity index (χ0n) is 7.55. The van der Waals surface area contributed by atoms with E-state index in [1.807, 2.05) is 11.6 Å². The zero-order chi connectivity index (χ0) is 8.93. The van der Waals surface area contributed by atoms with E-state index < -0.39 is 0 Å². The van der Waals surface area contributed by atoms with Gasteiger partial charge in [-0.1, -0.05) is 17.8 Å². The van der Waals surface area contributed by atoms with Crippen molar-refractivity contribution in [2.45, 2.75) is 25.7 Å². The number of anilines is 1. The maximum atomic E-state index is 4.49. The van der Waals surface area contributed by atoms with Gasteiger partial charge in [0.1, 0.15) is 0 Å². The lowest BCUT2D eigenvalue weighted by atomic mass is 10.2. The Hall–Kier alpha value is -0.900. The molecule has 0 saturated heterocycles. The molecule has 3 nitrogen and oxygen atoms in total. The predicted octanol–water partition coefficient (Wildman–Crippen LogP) is 1.95. The molecule has 0 atom stereocenters. The Morgan fingerprint density at radius 1 is 1.38 bits per heavy atom. The Kier molecular flexibility index (Phi) is 2.92. The van der Waals surface area contributed by atoms with E-state index in [0.717, 1.165) is 23.9 Å². The van der Waals surface area contributed by atoms with Gasteiger partial charge in [0.25, 0.3) is 0 Å². The van der Waals surface area contributed by atoms with Gasteiger partial charge in [0, 0.05) is 18.3 Å². The summed E-state index contributed by atoms with van der Waals surface area (Å²) in [6, 6.07) is 0. The molecule has 2 rings (SSSR count). The summed E-state index contributed by atoms with van der Waals surface area (Å²) in [5.74, 6) is 1.14. The number of aromatic nitrogens is 1. The van der Waals surface area contributed by atoms with Crippen LogP contribution in [0, 0.1) is 0 Å². The van der Waals surface area contributed by atoms with Crippen molar-refractivity contribution in [3.63, 3.8) is 0 Å². The number of hydrogen-bond acceptors (Lipinski definition) is 3. The van der Waals surface area contributed by atoms with Gasteiger partial charge in [0.05, 0.1) is 6.20 Å². The normalized spacial score (nSPS) is 17.7. The van der Waals surface area contributed by atoms with Crippen LogP contribution in [0.2, 0.25) is 0 Å². The summed E-state index contributed by atoms with van der Waals surface area (Å²) in [5, 5.41) is 6.43. The SMILES string of the molecule is c1csc(NC2=NCCCCC2)[nH+]1. The highest BCUT2D eigenvalue weighted by Gasteiger charge is 2.10. The van der Waals surface area contributed by atoms with Gasteiger partial charge in [-0.2, -0.15) is 0 Å². The summed E-state index contributed by atoms with van der Waals surface area (Å²) in [5.41, 5.74) is 0. The zero-order valence-corrected chi connectivity index (χ0v) is 8.36. The van der Waals surface area contributed by atoms with Crippen molar-refractivity contribution in [3.05, 3.63) is 11.6 Å². The quantitative estimate of drug-likeness (QED) is 0.732. The Bertz CT molecular complexity index is 279. The smallest absolute Gasteiger partial charge is 0.252 e.